The number of benzene rings is 1. The number of rotatable bonds is 5. The normalized spacial score (nSPS) is 11.3. The lowest BCUT2D eigenvalue weighted by atomic mass is 10.0. The summed E-state index contributed by atoms with van der Waals surface area (Å²) in [6.45, 7) is 4.34. The highest BCUT2D eigenvalue weighted by Crippen LogP contribution is 2.24. The van der Waals surface area contributed by atoms with Crippen LogP contribution in [0.1, 0.15) is 31.0 Å². The van der Waals surface area contributed by atoms with Gasteiger partial charge in [0.15, 0.2) is 5.16 Å². The van der Waals surface area contributed by atoms with Crippen molar-refractivity contribution in [1.29, 1.82) is 0 Å². The Morgan fingerprint density at radius 3 is 2.42 bits per heavy atom. The van der Waals surface area contributed by atoms with Crippen molar-refractivity contribution in [3.8, 4) is 5.69 Å². The average molecular weight is 370 g/mol. The molecule has 0 bridgehead atoms. The number of hydrogen-bond donors (Lipinski definition) is 0. The van der Waals surface area contributed by atoms with Crippen molar-refractivity contribution in [2.24, 2.45) is 14.1 Å². The van der Waals surface area contributed by atoms with E-state index in [-0.39, 0.29) is 11.2 Å². The van der Waals surface area contributed by atoms with Gasteiger partial charge in [-0.25, -0.2) is 9.78 Å². The molecule has 3 aromatic rings. The molecule has 0 amide bonds. The molecule has 0 atom stereocenters. The van der Waals surface area contributed by atoms with Crippen LogP contribution in [0.5, 0.6) is 0 Å². The third-order valence-corrected chi connectivity index (χ3v) is 5.42. The zero-order valence-electron chi connectivity index (χ0n) is 15.3. The summed E-state index contributed by atoms with van der Waals surface area (Å²) in [6, 6.07) is 9.90. The number of hydrogen-bond acceptors (Lipinski definition) is 4. The molecule has 3 rings (SSSR count). The van der Waals surface area contributed by atoms with Gasteiger partial charge in [-0.2, -0.15) is 0 Å². The predicted octanol–water partition coefficient (Wildman–Crippen LogP) is 2.69. The Morgan fingerprint density at radius 2 is 1.77 bits per heavy atom. The van der Waals surface area contributed by atoms with Gasteiger partial charge in [-0.15, -0.1) is 0 Å². The predicted molar refractivity (Wildman–Crippen MR) is 104 cm³/mol. The topological polar surface area (TPSA) is 61.8 Å². The van der Waals surface area contributed by atoms with E-state index in [4.69, 9.17) is 0 Å². The minimum absolute atomic E-state index is 0.295. The maximum atomic E-state index is 12.0. The molecular formula is C19H22N4O2S. The van der Waals surface area contributed by atoms with Crippen molar-refractivity contribution in [3.63, 3.8) is 0 Å². The zero-order chi connectivity index (χ0) is 18.8. The van der Waals surface area contributed by atoms with Gasteiger partial charge >= 0.3 is 5.69 Å². The second-order valence-electron chi connectivity index (χ2n) is 6.49. The van der Waals surface area contributed by atoms with Gasteiger partial charge in [-0.3, -0.25) is 18.5 Å². The Hall–Kier alpha value is -2.54. The van der Waals surface area contributed by atoms with E-state index in [1.165, 1.54) is 35.0 Å². The van der Waals surface area contributed by atoms with Crippen molar-refractivity contribution < 1.29 is 0 Å². The molecule has 0 spiro atoms. The minimum atomic E-state index is -0.319. The van der Waals surface area contributed by atoms with E-state index >= 15 is 0 Å². The molecule has 7 heteroatoms. The molecule has 1 aromatic carbocycles. The summed E-state index contributed by atoms with van der Waals surface area (Å²) in [4.78, 5) is 28.3. The fourth-order valence-electron chi connectivity index (χ4n) is 2.67. The van der Waals surface area contributed by atoms with Crippen LogP contribution in [-0.4, -0.2) is 18.7 Å². The fourth-order valence-corrected chi connectivity index (χ4v) is 3.66. The van der Waals surface area contributed by atoms with Gasteiger partial charge in [-0.05, 0) is 23.6 Å². The lowest BCUT2D eigenvalue weighted by Gasteiger charge is -2.11. The summed E-state index contributed by atoms with van der Waals surface area (Å²) >= 11 is 1.49. The van der Waals surface area contributed by atoms with Crippen LogP contribution < -0.4 is 11.2 Å². The number of aromatic nitrogens is 4. The molecule has 0 fully saturated rings. The second kappa shape index (κ2) is 7.37. The Labute approximate surface area is 156 Å². The van der Waals surface area contributed by atoms with Gasteiger partial charge in [0, 0.05) is 49.7 Å². The van der Waals surface area contributed by atoms with Gasteiger partial charge in [0.25, 0.3) is 5.56 Å². The molecule has 6 nitrogen and oxygen atoms in total. The summed E-state index contributed by atoms with van der Waals surface area (Å²) in [6.07, 6.45) is 3.66. The van der Waals surface area contributed by atoms with Crippen LogP contribution in [0.15, 0.2) is 57.5 Å². The molecule has 0 aliphatic heterocycles. The Morgan fingerprint density at radius 1 is 1.08 bits per heavy atom. The molecule has 2 aromatic heterocycles. The highest BCUT2D eigenvalue weighted by molar-refractivity contribution is 7.98. The molecule has 0 saturated carbocycles. The van der Waals surface area contributed by atoms with Crippen LogP contribution in [0, 0.1) is 0 Å². The van der Waals surface area contributed by atoms with E-state index in [1.807, 2.05) is 10.8 Å². The first-order valence-electron chi connectivity index (χ1n) is 8.41. The Kier molecular flexibility index (Phi) is 5.18. The monoisotopic (exact) mass is 370 g/mol. The summed E-state index contributed by atoms with van der Waals surface area (Å²) < 4.78 is 4.61. The molecule has 136 valence electrons. The average Bonchev–Trinajstić information content (AvgIpc) is 3.10. The summed E-state index contributed by atoms with van der Waals surface area (Å²) in [5, 5.41) is 0.815. The van der Waals surface area contributed by atoms with Crippen molar-refractivity contribution in [2.45, 2.75) is 30.7 Å². The zero-order valence-corrected chi connectivity index (χ0v) is 16.2. The summed E-state index contributed by atoms with van der Waals surface area (Å²) in [7, 11) is 3.16. The summed E-state index contributed by atoms with van der Waals surface area (Å²) in [5.74, 6) is 0.978. The van der Waals surface area contributed by atoms with Crippen LogP contribution in [0.2, 0.25) is 0 Å². The van der Waals surface area contributed by atoms with Gasteiger partial charge in [0.1, 0.15) is 0 Å². The first-order valence-corrected chi connectivity index (χ1v) is 9.39. The molecule has 0 saturated heterocycles. The third-order valence-electron chi connectivity index (χ3n) is 4.42. The van der Waals surface area contributed by atoms with Gasteiger partial charge < -0.3 is 0 Å². The van der Waals surface area contributed by atoms with E-state index in [2.05, 4.69) is 43.1 Å². The van der Waals surface area contributed by atoms with Crippen molar-refractivity contribution in [2.75, 3.05) is 0 Å². The van der Waals surface area contributed by atoms with Crippen LogP contribution >= 0.6 is 11.8 Å². The van der Waals surface area contributed by atoms with Crippen LogP contribution in [-0.2, 0) is 19.8 Å². The van der Waals surface area contributed by atoms with E-state index in [1.54, 1.807) is 13.2 Å². The smallest absolute Gasteiger partial charge is 0.300 e. The first-order chi connectivity index (χ1) is 12.4. The quantitative estimate of drug-likeness (QED) is 0.648. The van der Waals surface area contributed by atoms with E-state index in [9.17, 15) is 9.59 Å². The number of nitrogens with zero attached hydrogens (tertiary/aromatic N) is 4. The highest BCUT2D eigenvalue weighted by atomic mass is 32.2. The summed E-state index contributed by atoms with van der Waals surface area (Å²) in [5.41, 5.74) is 2.38. The van der Waals surface area contributed by atoms with Gasteiger partial charge in [0.05, 0.1) is 0 Å². The minimum Gasteiger partial charge on any atom is -0.300 e. The largest absolute Gasteiger partial charge is 0.330 e. The number of imidazole rings is 1. The molecule has 0 aliphatic carbocycles. The Bertz CT molecular complexity index is 1030. The maximum Gasteiger partial charge on any atom is 0.330 e. The van der Waals surface area contributed by atoms with Crippen LogP contribution in [0.3, 0.4) is 0 Å². The fraction of sp³-hybridized carbons (Fsp3) is 0.316. The molecule has 0 radical (unpaired) electrons. The van der Waals surface area contributed by atoms with Crippen LogP contribution in [0.4, 0.5) is 0 Å². The van der Waals surface area contributed by atoms with E-state index < -0.39 is 0 Å². The van der Waals surface area contributed by atoms with Gasteiger partial charge in [0.2, 0.25) is 0 Å². The van der Waals surface area contributed by atoms with Crippen LogP contribution in [0.25, 0.3) is 5.69 Å². The SMILES string of the molecule is CC(C)c1ccc(-n2ccnc2SCc2cc(=O)n(C)c(=O)n2C)cc1. The lowest BCUT2D eigenvalue weighted by molar-refractivity contribution is 0.665. The molecule has 0 unspecified atom stereocenters. The number of thioether (sulfide) groups is 1. The molecule has 0 aliphatic rings. The van der Waals surface area contributed by atoms with Crippen molar-refractivity contribution in [3.05, 3.63) is 74.8 Å². The standard InChI is InChI=1S/C19H22N4O2S/c1-13(2)14-5-7-15(8-6-14)23-10-9-20-18(23)26-12-16-11-17(24)22(4)19(25)21(16)3/h5-11,13H,12H2,1-4H3. The Balaban J connectivity index is 1.84. The third kappa shape index (κ3) is 3.53. The second-order valence-corrected chi connectivity index (χ2v) is 7.43. The highest BCUT2D eigenvalue weighted by Gasteiger charge is 2.10. The first kappa shape index (κ1) is 18.3. The van der Waals surface area contributed by atoms with E-state index in [0.717, 1.165) is 15.4 Å². The van der Waals surface area contributed by atoms with E-state index in [0.29, 0.717) is 17.4 Å². The molecule has 2 heterocycles. The molecular weight excluding hydrogens is 348 g/mol. The molecule has 0 N–H and O–H groups in total. The van der Waals surface area contributed by atoms with Crippen molar-refractivity contribution in [1.82, 2.24) is 18.7 Å². The van der Waals surface area contributed by atoms with Crippen molar-refractivity contribution >= 4 is 11.8 Å². The maximum absolute atomic E-state index is 12.0. The van der Waals surface area contributed by atoms with Gasteiger partial charge in [-0.1, -0.05) is 37.7 Å². The molecule has 26 heavy (non-hydrogen) atoms. The lowest BCUT2D eigenvalue weighted by Crippen LogP contribution is -2.37.